The average molecular weight is 256 g/mol. The van der Waals surface area contributed by atoms with Crippen molar-refractivity contribution in [3.8, 4) is 0 Å². The summed E-state index contributed by atoms with van der Waals surface area (Å²) in [6, 6.07) is 0.174. The molecule has 1 atom stereocenters. The predicted molar refractivity (Wildman–Crippen MR) is 85.5 cm³/mol. The molecule has 2 heteroatoms. The van der Waals surface area contributed by atoms with Crippen LogP contribution in [0, 0.1) is 0 Å². The highest BCUT2D eigenvalue weighted by molar-refractivity contribution is 5.58. The molecule has 2 nitrogen and oxygen atoms in total. The summed E-state index contributed by atoms with van der Waals surface area (Å²) in [5, 5.41) is 0. The van der Waals surface area contributed by atoms with Crippen LogP contribution in [-0.2, 0) is 0 Å². The molecule has 0 aromatic carbocycles. The Morgan fingerprint density at radius 3 is 2.84 bits per heavy atom. The molecule has 102 valence electrons. The highest BCUT2D eigenvalue weighted by Gasteiger charge is 2.08. The van der Waals surface area contributed by atoms with Crippen LogP contribution in [0.1, 0.15) is 25.7 Å². The first-order valence-electron chi connectivity index (χ1n) is 6.84. The standard InChI is InChI=1S/C17H24N2/c1-3-5-6-7-13-19-17-10-8-9-15(14-18)11-12-16(17)4-2/h3-4,8-9,11-13,17H,1-2,5-7,10,14,18H2/b9-8+,15-11+,16-12-,19-13-. The number of unbranched alkanes of at least 4 members (excludes halogenated alkanes) is 2. The number of hydrogen-bond donors (Lipinski definition) is 1. The van der Waals surface area contributed by atoms with Gasteiger partial charge in [-0.3, -0.25) is 4.99 Å². The van der Waals surface area contributed by atoms with Crippen molar-refractivity contribution < 1.29 is 0 Å². The van der Waals surface area contributed by atoms with E-state index in [1.165, 1.54) is 0 Å². The lowest BCUT2D eigenvalue weighted by Crippen LogP contribution is -2.08. The summed E-state index contributed by atoms with van der Waals surface area (Å²) in [4.78, 5) is 4.65. The normalized spacial score (nSPS) is 26.7. The second-order valence-electron chi connectivity index (χ2n) is 4.52. The maximum Gasteiger partial charge on any atom is 0.0779 e. The van der Waals surface area contributed by atoms with E-state index in [0.717, 1.165) is 36.8 Å². The Kier molecular flexibility index (Phi) is 7.52. The van der Waals surface area contributed by atoms with Gasteiger partial charge in [0.1, 0.15) is 0 Å². The Bertz CT molecular complexity index is 411. The number of allylic oxidation sites excluding steroid dienone is 3. The van der Waals surface area contributed by atoms with Crippen molar-refractivity contribution in [2.75, 3.05) is 6.54 Å². The van der Waals surface area contributed by atoms with Gasteiger partial charge in [-0.25, -0.2) is 0 Å². The van der Waals surface area contributed by atoms with E-state index in [4.69, 9.17) is 5.73 Å². The Morgan fingerprint density at radius 1 is 1.32 bits per heavy atom. The van der Waals surface area contributed by atoms with Crippen LogP contribution in [0.15, 0.2) is 65.8 Å². The van der Waals surface area contributed by atoms with Gasteiger partial charge in [-0.05, 0) is 43.0 Å². The lowest BCUT2D eigenvalue weighted by molar-refractivity contribution is 0.796. The van der Waals surface area contributed by atoms with Crippen molar-refractivity contribution in [3.05, 3.63) is 60.8 Å². The Morgan fingerprint density at radius 2 is 2.16 bits per heavy atom. The van der Waals surface area contributed by atoms with Crippen molar-refractivity contribution in [3.63, 3.8) is 0 Å². The van der Waals surface area contributed by atoms with Crippen LogP contribution in [-0.4, -0.2) is 18.8 Å². The molecule has 0 saturated carbocycles. The third-order valence-corrected chi connectivity index (χ3v) is 3.06. The molecule has 0 radical (unpaired) electrons. The molecule has 1 rings (SSSR count). The van der Waals surface area contributed by atoms with Gasteiger partial charge in [0.05, 0.1) is 6.04 Å². The van der Waals surface area contributed by atoms with Gasteiger partial charge in [0.25, 0.3) is 0 Å². The van der Waals surface area contributed by atoms with E-state index in [-0.39, 0.29) is 6.04 Å². The number of nitrogens with zero attached hydrogens (tertiary/aromatic N) is 1. The maximum atomic E-state index is 5.66. The maximum absolute atomic E-state index is 5.66. The zero-order chi connectivity index (χ0) is 13.9. The summed E-state index contributed by atoms with van der Waals surface area (Å²) in [6.07, 6.45) is 18.2. The van der Waals surface area contributed by atoms with Gasteiger partial charge >= 0.3 is 0 Å². The molecule has 2 N–H and O–H groups in total. The Balaban J connectivity index is 2.68. The molecule has 1 aliphatic carbocycles. The molecule has 0 fully saturated rings. The molecular weight excluding hydrogens is 232 g/mol. The summed E-state index contributed by atoms with van der Waals surface area (Å²) in [6.45, 7) is 8.16. The van der Waals surface area contributed by atoms with E-state index in [2.05, 4.69) is 36.4 Å². The third kappa shape index (κ3) is 5.66. The zero-order valence-electron chi connectivity index (χ0n) is 11.6. The topological polar surface area (TPSA) is 38.4 Å². The van der Waals surface area contributed by atoms with Crippen molar-refractivity contribution in [2.45, 2.75) is 31.7 Å². The van der Waals surface area contributed by atoms with E-state index in [9.17, 15) is 0 Å². The number of aliphatic imine (C=N–C) groups is 1. The van der Waals surface area contributed by atoms with Crippen LogP contribution in [0.4, 0.5) is 0 Å². The fourth-order valence-electron chi connectivity index (χ4n) is 1.90. The molecule has 0 spiro atoms. The highest BCUT2D eigenvalue weighted by atomic mass is 14.8. The summed E-state index contributed by atoms with van der Waals surface area (Å²) in [7, 11) is 0. The largest absolute Gasteiger partial charge is 0.326 e. The van der Waals surface area contributed by atoms with E-state index in [0.29, 0.717) is 6.54 Å². The summed E-state index contributed by atoms with van der Waals surface area (Å²) in [5.74, 6) is 0. The molecule has 0 aromatic rings. The minimum atomic E-state index is 0.174. The average Bonchev–Trinajstić information content (AvgIpc) is 2.41. The molecule has 0 amide bonds. The quantitative estimate of drug-likeness (QED) is 0.420. The van der Waals surface area contributed by atoms with Gasteiger partial charge in [-0.2, -0.15) is 0 Å². The smallest absolute Gasteiger partial charge is 0.0779 e. The van der Waals surface area contributed by atoms with Crippen LogP contribution in [0.3, 0.4) is 0 Å². The van der Waals surface area contributed by atoms with Crippen molar-refractivity contribution >= 4 is 6.21 Å². The Hall–Kier alpha value is -1.67. The molecule has 1 aliphatic rings. The molecule has 19 heavy (non-hydrogen) atoms. The van der Waals surface area contributed by atoms with Crippen LogP contribution >= 0.6 is 0 Å². The second kappa shape index (κ2) is 9.29. The van der Waals surface area contributed by atoms with E-state index >= 15 is 0 Å². The monoisotopic (exact) mass is 256 g/mol. The number of hydrogen-bond acceptors (Lipinski definition) is 2. The summed E-state index contributed by atoms with van der Waals surface area (Å²) >= 11 is 0. The van der Waals surface area contributed by atoms with Gasteiger partial charge in [-0.15, -0.1) is 6.58 Å². The molecule has 0 aromatic heterocycles. The lowest BCUT2D eigenvalue weighted by atomic mass is 10.00. The highest BCUT2D eigenvalue weighted by Crippen LogP contribution is 2.17. The molecule has 1 unspecified atom stereocenters. The van der Waals surface area contributed by atoms with Crippen LogP contribution < -0.4 is 5.73 Å². The summed E-state index contributed by atoms with van der Waals surface area (Å²) in [5.41, 5.74) is 7.94. The predicted octanol–water partition coefficient (Wildman–Crippen LogP) is 3.74. The van der Waals surface area contributed by atoms with Gasteiger partial charge in [-0.1, -0.05) is 43.0 Å². The molecule has 0 saturated heterocycles. The van der Waals surface area contributed by atoms with Crippen LogP contribution in [0.25, 0.3) is 0 Å². The van der Waals surface area contributed by atoms with Crippen molar-refractivity contribution in [1.82, 2.24) is 0 Å². The third-order valence-electron chi connectivity index (χ3n) is 3.06. The lowest BCUT2D eigenvalue weighted by Gasteiger charge is -2.13. The molecule has 0 aliphatic heterocycles. The SMILES string of the molecule is C=CCCC/C=N\C1C/C=C/C(CN)=C\C=C/1C=C. The molecule has 0 bridgehead atoms. The van der Waals surface area contributed by atoms with Gasteiger partial charge in [0, 0.05) is 6.54 Å². The Labute approximate surface area is 116 Å². The second-order valence-corrected chi connectivity index (χ2v) is 4.52. The van der Waals surface area contributed by atoms with E-state index in [1.807, 2.05) is 24.4 Å². The van der Waals surface area contributed by atoms with Crippen molar-refractivity contribution in [2.24, 2.45) is 10.7 Å². The molecular formula is C17H24N2. The van der Waals surface area contributed by atoms with E-state index in [1.54, 1.807) is 0 Å². The first-order valence-corrected chi connectivity index (χ1v) is 6.84. The minimum absolute atomic E-state index is 0.174. The number of nitrogens with two attached hydrogens (primary N) is 1. The fourth-order valence-corrected chi connectivity index (χ4v) is 1.90. The van der Waals surface area contributed by atoms with Gasteiger partial charge in [0.15, 0.2) is 0 Å². The number of rotatable bonds is 7. The van der Waals surface area contributed by atoms with Crippen LogP contribution in [0.5, 0.6) is 0 Å². The zero-order valence-corrected chi connectivity index (χ0v) is 11.6. The van der Waals surface area contributed by atoms with Crippen LogP contribution in [0.2, 0.25) is 0 Å². The summed E-state index contributed by atoms with van der Waals surface area (Å²) < 4.78 is 0. The van der Waals surface area contributed by atoms with E-state index < -0.39 is 0 Å². The van der Waals surface area contributed by atoms with Gasteiger partial charge in [0.2, 0.25) is 0 Å². The van der Waals surface area contributed by atoms with Gasteiger partial charge < -0.3 is 5.73 Å². The first-order chi connectivity index (χ1) is 9.31. The fraction of sp³-hybridized carbons (Fsp3) is 0.353. The van der Waals surface area contributed by atoms with Crippen molar-refractivity contribution in [1.29, 1.82) is 0 Å². The minimum Gasteiger partial charge on any atom is -0.326 e. The first kappa shape index (κ1) is 15.4. The molecule has 0 heterocycles.